The molecule has 2 aliphatic rings. The Balaban J connectivity index is 1.61. The van der Waals surface area contributed by atoms with Gasteiger partial charge in [0.15, 0.2) is 0 Å². The molecule has 6 nitrogen and oxygen atoms in total. The zero-order valence-electron chi connectivity index (χ0n) is 11.4. The molecular weight excluding hydrogens is 246 g/mol. The molecule has 0 spiro atoms. The highest BCUT2D eigenvalue weighted by Gasteiger charge is 2.33. The maximum absolute atomic E-state index is 12.0. The fourth-order valence-corrected chi connectivity index (χ4v) is 2.27. The van der Waals surface area contributed by atoms with Crippen LogP contribution in [0.5, 0.6) is 0 Å². The highest BCUT2D eigenvalue weighted by atomic mass is 16.5. The highest BCUT2D eigenvalue weighted by molar-refractivity contribution is 5.81. The van der Waals surface area contributed by atoms with Gasteiger partial charge in [-0.05, 0) is 19.4 Å². The Hall–Kier alpha value is -1.14. The number of nitrogens with one attached hydrogen (secondary N) is 3. The Bertz CT molecular complexity index is 331. The van der Waals surface area contributed by atoms with Crippen LogP contribution < -0.4 is 16.0 Å². The monoisotopic (exact) mass is 269 g/mol. The van der Waals surface area contributed by atoms with Gasteiger partial charge in [-0.15, -0.1) is 0 Å². The van der Waals surface area contributed by atoms with Crippen LogP contribution in [0.4, 0.5) is 0 Å². The van der Waals surface area contributed by atoms with Crippen LogP contribution in [-0.4, -0.2) is 50.7 Å². The Morgan fingerprint density at radius 3 is 2.42 bits per heavy atom. The third kappa shape index (κ3) is 4.18. The molecule has 1 saturated carbocycles. The molecule has 0 aromatic heterocycles. The van der Waals surface area contributed by atoms with Gasteiger partial charge in [0.05, 0.1) is 19.1 Å². The summed E-state index contributed by atoms with van der Waals surface area (Å²) in [5.74, 6) is 0.212. The molecule has 1 saturated heterocycles. The number of hydrogen-bond donors (Lipinski definition) is 3. The summed E-state index contributed by atoms with van der Waals surface area (Å²) < 4.78 is 5.33. The van der Waals surface area contributed by atoms with Crippen LogP contribution in [-0.2, 0) is 14.3 Å². The number of amides is 2. The van der Waals surface area contributed by atoms with Crippen molar-refractivity contribution in [3.8, 4) is 0 Å². The van der Waals surface area contributed by atoms with Crippen molar-refractivity contribution in [2.45, 2.75) is 25.8 Å². The van der Waals surface area contributed by atoms with Gasteiger partial charge in [-0.1, -0.05) is 6.92 Å². The quantitative estimate of drug-likeness (QED) is 0.532. The SMILES string of the molecule is CCNC1COCC1C(=O)NCCNC(=O)C1CC1. The molecule has 0 bridgehead atoms. The van der Waals surface area contributed by atoms with Crippen LogP contribution in [0.3, 0.4) is 0 Å². The highest BCUT2D eigenvalue weighted by Crippen LogP contribution is 2.28. The lowest BCUT2D eigenvalue weighted by molar-refractivity contribution is -0.126. The van der Waals surface area contributed by atoms with Crippen molar-refractivity contribution < 1.29 is 14.3 Å². The number of carbonyl (C=O) groups is 2. The van der Waals surface area contributed by atoms with Crippen molar-refractivity contribution in [3.05, 3.63) is 0 Å². The summed E-state index contributed by atoms with van der Waals surface area (Å²) >= 11 is 0. The van der Waals surface area contributed by atoms with Crippen LogP contribution in [0.25, 0.3) is 0 Å². The second-order valence-electron chi connectivity index (χ2n) is 5.16. The van der Waals surface area contributed by atoms with Crippen molar-refractivity contribution in [1.29, 1.82) is 0 Å². The molecule has 3 N–H and O–H groups in total. The van der Waals surface area contributed by atoms with Gasteiger partial charge >= 0.3 is 0 Å². The molecule has 1 aliphatic heterocycles. The smallest absolute Gasteiger partial charge is 0.227 e. The molecule has 108 valence electrons. The predicted molar refractivity (Wildman–Crippen MR) is 70.5 cm³/mol. The van der Waals surface area contributed by atoms with Gasteiger partial charge in [-0.3, -0.25) is 9.59 Å². The lowest BCUT2D eigenvalue weighted by Crippen LogP contribution is -2.45. The second-order valence-corrected chi connectivity index (χ2v) is 5.16. The minimum atomic E-state index is -0.126. The van der Waals surface area contributed by atoms with Crippen molar-refractivity contribution in [3.63, 3.8) is 0 Å². The first-order valence-electron chi connectivity index (χ1n) is 7.09. The normalized spacial score (nSPS) is 26.2. The zero-order chi connectivity index (χ0) is 13.7. The number of hydrogen-bond acceptors (Lipinski definition) is 4. The first-order chi connectivity index (χ1) is 9.22. The van der Waals surface area contributed by atoms with Crippen molar-refractivity contribution in [2.24, 2.45) is 11.8 Å². The number of ether oxygens (including phenoxy) is 1. The molecule has 1 heterocycles. The average Bonchev–Trinajstić information content (AvgIpc) is 3.15. The number of carbonyl (C=O) groups excluding carboxylic acids is 2. The Kier molecular flexibility index (Phi) is 5.15. The van der Waals surface area contributed by atoms with E-state index in [0.29, 0.717) is 26.3 Å². The summed E-state index contributed by atoms with van der Waals surface area (Å²) in [6.45, 7) is 4.88. The lowest BCUT2D eigenvalue weighted by atomic mass is 10.0. The molecule has 2 fully saturated rings. The van der Waals surface area contributed by atoms with E-state index < -0.39 is 0 Å². The van der Waals surface area contributed by atoms with Gasteiger partial charge in [0, 0.05) is 25.0 Å². The van der Waals surface area contributed by atoms with E-state index in [9.17, 15) is 9.59 Å². The number of likely N-dealkylation sites (N-methyl/N-ethyl adjacent to an activating group) is 1. The van der Waals surface area contributed by atoms with E-state index in [2.05, 4.69) is 16.0 Å². The lowest BCUT2D eigenvalue weighted by Gasteiger charge is -2.17. The molecule has 6 heteroatoms. The predicted octanol–water partition coefficient (Wildman–Crippen LogP) is -0.747. The summed E-state index contributed by atoms with van der Waals surface area (Å²) in [5, 5.41) is 8.93. The molecule has 0 aromatic carbocycles. The van der Waals surface area contributed by atoms with Crippen molar-refractivity contribution in [2.75, 3.05) is 32.8 Å². The van der Waals surface area contributed by atoms with Gasteiger partial charge in [-0.2, -0.15) is 0 Å². The fourth-order valence-electron chi connectivity index (χ4n) is 2.27. The van der Waals surface area contributed by atoms with Gasteiger partial charge < -0.3 is 20.7 Å². The number of rotatable bonds is 7. The van der Waals surface area contributed by atoms with E-state index in [0.717, 1.165) is 19.4 Å². The molecule has 2 rings (SSSR count). The Labute approximate surface area is 113 Å². The molecule has 1 aliphatic carbocycles. The minimum absolute atomic E-state index is 0.00382. The van der Waals surface area contributed by atoms with E-state index in [4.69, 9.17) is 4.74 Å². The maximum atomic E-state index is 12.0. The third-order valence-electron chi connectivity index (χ3n) is 3.56. The molecule has 0 radical (unpaired) electrons. The standard InChI is InChI=1S/C13H23N3O3/c1-2-14-11-8-19-7-10(11)13(18)16-6-5-15-12(17)9-3-4-9/h9-11,14H,2-8H2,1H3,(H,15,17)(H,16,18). The molecule has 0 aromatic rings. The average molecular weight is 269 g/mol. The molecule has 2 amide bonds. The Morgan fingerprint density at radius 2 is 1.79 bits per heavy atom. The van der Waals surface area contributed by atoms with E-state index in [1.165, 1.54) is 0 Å². The third-order valence-corrected chi connectivity index (χ3v) is 3.56. The largest absolute Gasteiger partial charge is 0.379 e. The summed E-state index contributed by atoms with van der Waals surface area (Å²) in [7, 11) is 0. The van der Waals surface area contributed by atoms with Crippen molar-refractivity contribution in [1.82, 2.24) is 16.0 Å². The zero-order valence-corrected chi connectivity index (χ0v) is 11.4. The molecular formula is C13H23N3O3. The van der Waals surface area contributed by atoms with E-state index in [1.807, 2.05) is 6.92 Å². The fraction of sp³-hybridized carbons (Fsp3) is 0.846. The first-order valence-corrected chi connectivity index (χ1v) is 7.09. The van der Waals surface area contributed by atoms with Crippen LogP contribution >= 0.6 is 0 Å². The summed E-state index contributed by atoms with van der Waals surface area (Å²) in [5.41, 5.74) is 0. The molecule has 2 unspecified atom stereocenters. The van der Waals surface area contributed by atoms with Gasteiger partial charge in [0.1, 0.15) is 0 Å². The van der Waals surface area contributed by atoms with Gasteiger partial charge in [0.2, 0.25) is 11.8 Å². The van der Waals surface area contributed by atoms with Crippen molar-refractivity contribution >= 4 is 11.8 Å². The first kappa shape index (κ1) is 14.3. The van der Waals surface area contributed by atoms with Crippen LogP contribution in [0.1, 0.15) is 19.8 Å². The topological polar surface area (TPSA) is 79.5 Å². The van der Waals surface area contributed by atoms with Crippen LogP contribution in [0, 0.1) is 11.8 Å². The summed E-state index contributed by atoms with van der Waals surface area (Å²) in [6.07, 6.45) is 2.00. The van der Waals surface area contributed by atoms with Gasteiger partial charge in [0.25, 0.3) is 0 Å². The van der Waals surface area contributed by atoms with Crippen LogP contribution in [0.2, 0.25) is 0 Å². The molecule has 2 atom stereocenters. The van der Waals surface area contributed by atoms with E-state index in [1.54, 1.807) is 0 Å². The van der Waals surface area contributed by atoms with Crippen LogP contribution in [0.15, 0.2) is 0 Å². The van der Waals surface area contributed by atoms with E-state index in [-0.39, 0.29) is 29.7 Å². The maximum Gasteiger partial charge on any atom is 0.227 e. The van der Waals surface area contributed by atoms with E-state index >= 15 is 0 Å². The van der Waals surface area contributed by atoms with Gasteiger partial charge in [-0.25, -0.2) is 0 Å². The second kappa shape index (κ2) is 6.86. The summed E-state index contributed by atoms with van der Waals surface area (Å²) in [6, 6.07) is 0.103. The Morgan fingerprint density at radius 1 is 1.11 bits per heavy atom. The molecule has 19 heavy (non-hydrogen) atoms. The summed E-state index contributed by atoms with van der Waals surface area (Å²) in [4.78, 5) is 23.4. The minimum Gasteiger partial charge on any atom is -0.379 e.